The van der Waals surface area contributed by atoms with Crippen LogP contribution >= 0.6 is 11.6 Å². The summed E-state index contributed by atoms with van der Waals surface area (Å²) < 4.78 is 6.24. The first-order valence-electron chi connectivity index (χ1n) is 12.1. The molecule has 0 spiro atoms. The number of benzene rings is 2. The van der Waals surface area contributed by atoms with E-state index in [4.69, 9.17) is 16.3 Å². The number of halogens is 1. The highest BCUT2D eigenvalue weighted by Gasteiger charge is 2.29. The molecule has 2 aliphatic heterocycles. The smallest absolute Gasteiger partial charge is 0.224 e. The maximum absolute atomic E-state index is 10.0. The predicted octanol–water partition coefficient (Wildman–Crippen LogP) is 5.09. The van der Waals surface area contributed by atoms with Crippen LogP contribution in [-0.2, 0) is 12.8 Å². The number of nitrogens with zero attached hydrogens (tertiary/aromatic N) is 3. The molecule has 178 valence electrons. The van der Waals surface area contributed by atoms with Gasteiger partial charge in [-0.2, -0.15) is 0 Å². The minimum atomic E-state index is 0.0763. The average Bonchev–Trinajstić information content (AvgIpc) is 2.85. The molecule has 3 unspecified atom stereocenters. The number of aromatic hydroxyl groups is 1. The lowest BCUT2D eigenvalue weighted by atomic mass is 9.88. The molecule has 2 aromatic carbocycles. The fourth-order valence-electron chi connectivity index (χ4n) is 5.18. The maximum atomic E-state index is 10.0. The number of nitrogens with one attached hydrogen (secondary N) is 1. The molecule has 1 aromatic heterocycles. The quantitative estimate of drug-likeness (QED) is 0.481. The number of anilines is 1. The molecule has 0 radical (unpaired) electrons. The van der Waals surface area contributed by atoms with Gasteiger partial charge in [0.1, 0.15) is 23.4 Å². The summed E-state index contributed by atoms with van der Waals surface area (Å²) in [6, 6.07) is 16.5. The van der Waals surface area contributed by atoms with Crippen LogP contribution in [0.2, 0.25) is 5.28 Å². The summed E-state index contributed by atoms with van der Waals surface area (Å²) in [5.74, 6) is 2.02. The average molecular weight is 479 g/mol. The molecule has 0 bridgehead atoms. The van der Waals surface area contributed by atoms with Crippen molar-refractivity contribution in [3.05, 3.63) is 76.7 Å². The van der Waals surface area contributed by atoms with E-state index in [0.29, 0.717) is 11.8 Å². The number of phenols is 1. The molecule has 6 nitrogen and oxygen atoms in total. The molecule has 2 N–H and O–H groups in total. The number of piperidine rings is 1. The topological polar surface area (TPSA) is 70.5 Å². The van der Waals surface area contributed by atoms with Crippen LogP contribution < -0.4 is 15.0 Å². The van der Waals surface area contributed by atoms with E-state index in [1.165, 1.54) is 36.0 Å². The summed E-state index contributed by atoms with van der Waals surface area (Å²) in [6.45, 7) is 4.02. The van der Waals surface area contributed by atoms with Crippen LogP contribution in [0.4, 0.5) is 5.82 Å². The number of rotatable bonds is 6. The van der Waals surface area contributed by atoms with E-state index in [1.807, 2.05) is 18.2 Å². The van der Waals surface area contributed by atoms with E-state index in [9.17, 15) is 5.11 Å². The Morgan fingerprint density at radius 2 is 2.03 bits per heavy atom. The minimum Gasteiger partial charge on any atom is -0.508 e. The normalized spacial score (nSPS) is 21.1. The molecular formula is C27H31ClN4O2. The number of phenolic OH excluding ortho intramolecular Hbond substituents is 1. The Balaban J connectivity index is 1.36. The molecule has 5 rings (SSSR count). The highest BCUT2D eigenvalue weighted by molar-refractivity contribution is 6.28. The number of hydrogen-bond acceptors (Lipinski definition) is 6. The Morgan fingerprint density at radius 1 is 1.18 bits per heavy atom. The number of fused-ring (bicyclic) bond motifs is 1. The zero-order valence-electron chi connectivity index (χ0n) is 19.5. The molecule has 3 aromatic rings. The molecular weight excluding hydrogens is 448 g/mol. The SMILES string of the molecule is CC(Oc1ccc(CC2c3ccc(O)cc3CCN2c2ccnc(Cl)n2)cc1)C1CCCCN1. The zero-order chi connectivity index (χ0) is 23.5. The molecule has 1 saturated heterocycles. The Morgan fingerprint density at radius 3 is 2.79 bits per heavy atom. The van der Waals surface area contributed by atoms with Crippen LogP contribution in [0.15, 0.2) is 54.7 Å². The van der Waals surface area contributed by atoms with Gasteiger partial charge in [-0.05, 0) is 97.8 Å². The van der Waals surface area contributed by atoms with Gasteiger partial charge >= 0.3 is 0 Å². The standard InChI is InChI=1S/C27H31ClN4O2/c1-18(24-4-2-3-13-29-24)34-22-8-5-19(6-9-22)16-25-23-10-7-21(33)17-20(23)12-15-32(25)26-11-14-30-27(28)31-26/h5-11,14,17-18,24-25,29,33H,2-4,12-13,15-16H2,1H3. The second-order valence-corrected chi connectivity index (χ2v) is 9.59. The van der Waals surface area contributed by atoms with E-state index in [2.05, 4.69) is 51.4 Å². The first kappa shape index (κ1) is 22.9. The van der Waals surface area contributed by atoms with Gasteiger partial charge in [-0.3, -0.25) is 0 Å². The van der Waals surface area contributed by atoms with Crippen molar-refractivity contribution in [3.63, 3.8) is 0 Å². The molecule has 34 heavy (non-hydrogen) atoms. The van der Waals surface area contributed by atoms with E-state index in [-0.39, 0.29) is 17.4 Å². The fourth-order valence-corrected chi connectivity index (χ4v) is 5.33. The lowest BCUT2D eigenvalue weighted by molar-refractivity contribution is 0.152. The Hall–Kier alpha value is -2.83. The van der Waals surface area contributed by atoms with Gasteiger partial charge in [-0.1, -0.05) is 24.6 Å². The van der Waals surface area contributed by atoms with Gasteiger partial charge in [-0.25, -0.2) is 9.97 Å². The van der Waals surface area contributed by atoms with Crippen LogP contribution in [-0.4, -0.2) is 40.3 Å². The van der Waals surface area contributed by atoms with Crippen molar-refractivity contribution in [1.29, 1.82) is 0 Å². The molecule has 0 saturated carbocycles. The number of hydrogen-bond donors (Lipinski definition) is 2. The molecule has 1 fully saturated rings. The second-order valence-electron chi connectivity index (χ2n) is 9.25. The van der Waals surface area contributed by atoms with Crippen LogP contribution in [0.3, 0.4) is 0 Å². The Kier molecular flexibility index (Phi) is 6.88. The van der Waals surface area contributed by atoms with Crippen molar-refractivity contribution < 1.29 is 9.84 Å². The van der Waals surface area contributed by atoms with Crippen molar-refractivity contribution in [2.24, 2.45) is 0 Å². The van der Waals surface area contributed by atoms with Crippen LogP contribution in [0.1, 0.15) is 48.9 Å². The predicted molar refractivity (Wildman–Crippen MR) is 135 cm³/mol. The van der Waals surface area contributed by atoms with Gasteiger partial charge in [-0.15, -0.1) is 0 Å². The first-order chi connectivity index (χ1) is 16.6. The Bertz CT molecular complexity index is 1120. The third-order valence-electron chi connectivity index (χ3n) is 6.98. The summed E-state index contributed by atoms with van der Waals surface area (Å²) in [6.07, 6.45) is 7.16. The van der Waals surface area contributed by atoms with Crippen LogP contribution in [0.25, 0.3) is 0 Å². The minimum absolute atomic E-state index is 0.0763. The van der Waals surface area contributed by atoms with Gasteiger partial charge in [0.15, 0.2) is 0 Å². The molecule has 7 heteroatoms. The van der Waals surface area contributed by atoms with Gasteiger partial charge in [0.25, 0.3) is 0 Å². The lowest BCUT2D eigenvalue weighted by Gasteiger charge is -2.38. The third kappa shape index (κ3) is 5.13. The molecule has 3 heterocycles. The largest absolute Gasteiger partial charge is 0.508 e. The van der Waals surface area contributed by atoms with Crippen molar-refractivity contribution in [2.75, 3.05) is 18.0 Å². The van der Waals surface area contributed by atoms with Crippen molar-refractivity contribution >= 4 is 17.4 Å². The third-order valence-corrected chi connectivity index (χ3v) is 7.16. The second kappa shape index (κ2) is 10.2. The van der Waals surface area contributed by atoms with Crippen LogP contribution in [0.5, 0.6) is 11.5 Å². The zero-order valence-corrected chi connectivity index (χ0v) is 20.2. The highest BCUT2D eigenvalue weighted by Crippen LogP contribution is 2.37. The number of ether oxygens (including phenoxy) is 1. The number of aromatic nitrogens is 2. The van der Waals surface area contributed by atoms with Gasteiger partial charge in [0.05, 0.1) is 6.04 Å². The van der Waals surface area contributed by atoms with Gasteiger partial charge in [0.2, 0.25) is 5.28 Å². The Labute approximate surface area is 206 Å². The van der Waals surface area contributed by atoms with E-state index >= 15 is 0 Å². The van der Waals surface area contributed by atoms with Gasteiger partial charge in [0, 0.05) is 18.8 Å². The van der Waals surface area contributed by atoms with Gasteiger partial charge < -0.3 is 20.1 Å². The van der Waals surface area contributed by atoms with Crippen molar-refractivity contribution in [2.45, 2.75) is 57.2 Å². The summed E-state index contributed by atoms with van der Waals surface area (Å²) in [7, 11) is 0. The maximum Gasteiger partial charge on any atom is 0.224 e. The first-order valence-corrected chi connectivity index (χ1v) is 12.5. The summed E-state index contributed by atoms with van der Waals surface area (Å²) in [5.41, 5.74) is 3.60. The summed E-state index contributed by atoms with van der Waals surface area (Å²) in [4.78, 5) is 10.8. The monoisotopic (exact) mass is 478 g/mol. The van der Waals surface area contributed by atoms with Crippen LogP contribution in [0, 0.1) is 0 Å². The van der Waals surface area contributed by atoms with E-state index in [1.54, 1.807) is 12.3 Å². The molecule has 2 aliphatic rings. The van der Waals surface area contributed by atoms with E-state index in [0.717, 1.165) is 37.5 Å². The fraction of sp³-hybridized carbons (Fsp3) is 0.407. The molecule has 0 aliphatic carbocycles. The molecule has 0 amide bonds. The van der Waals surface area contributed by atoms with Crippen molar-refractivity contribution in [1.82, 2.24) is 15.3 Å². The molecule has 3 atom stereocenters. The highest BCUT2D eigenvalue weighted by atomic mass is 35.5. The van der Waals surface area contributed by atoms with E-state index < -0.39 is 0 Å². The lowest BCUT2D eigenvalue weighted by Crippen LogP contribution is -2.44. The van der Waals surface area contributed by atoms with Crippen molar-refractivity contribution in [3.8, 4) is 11.5 Å². The summed E-state index contributed by atoms with van der Waals surface area (Å²) in [5, 5.41) is 13.8. The summed E-state index contributed by atoms with van der Waals surface area (Å²) >= 11 is 6.11.